The monoisotopic (exact) mass is 287 g/mol. The summed E-state index contributed by atoms with van der Waals surface area (Å²) >= 11 is 3.62. The third-order valence-corrected chi connectivity index (χ3v) is 4.41. The Morgan fingerprint density at radius 1 is 1.50 bits per heavy atom. The Morgan fingerprint density at radius 2 is 2.12 bits per heavy atom. The predicted octanol–water partition coefficient (Wildman–Crippen LogP) is 2.67. The highest BCUT2D eigenvalue weighted by Gasteiger charge is 2.19. The summed E-state index contributed by atoms with van der Waals surface area (Å²) in [5.41, 5.74) is 2.34. The van der Waals surface area contributed by atoms with Crippen LogP contribution in [0.15, 0.2) is 4.47 Å². The maximum absolute atomic E-state index is 4.43. The van der Waals surface area contributed by atoms with Crippen LogP contribution >= 0.6 is 15.9 Å². The molecular formula is C12H22BrN3. The molecule has 3 nitrogen and oxygen atoms in total. The molecular weight excluding hydrogens is 266 g/mol. The van der Waals surface area contributed by atoms with Crippen LogP contribution in [0.25, 0.3) is 0 Å². The van der Waals surface area contributed by atoms with Crippen LogP contribution in [0, 0.1) is 12.8 Å². The van der Waals surface area contributed by atoms with Gasteiger partial charge in [0.25, 0.3) is 0 Å². The third kappa shape index (κ3) is 2.86. The second-order valence-electron chi connectivity index (χ2n) is 4.45. The first-order valence-corrected chi connectivity index (χ1v) is 6.65. The highest BCUT2D eigenvalue weighted by molar-refractivity contribution is 9.10. The van der Waals surface area contributed by atoms with Gasteiger partial charge >= 0.3 is 0 Å². The van der Waals surface area contributed by atoms with E-state index in [1.807, 2.05) is 25.7 Å². The van der Waals surface area contributed by atoms with Crippen molar-refractivity contribution < 1.29 is 0 Å². The molecule has 16 heavy (non-hydrogen) atoms. The minimum atomic E-state index is 0.510. The van der Waals surface area contributed by atoms with E-state index in [2.05, 4.69) is 40.2 Å². The minimum Gasteiger partial charge on any atom is -0.316 e. The lowest BCUT2D eigenvalue weighted by Crippen LogP contribution is -2.34. The molecule has 2 unspecified atom stereocenters. The van der Waals surface area contributed by atoms with Crippen molar-refractivity contribution >= 4 is 15.9 Å². The lowest BCUT2D eigenvalue weighted by molar-refractivity contribution is 0.379. The van der Waals surface area contributed by atoms with Crippen LogP contribution in [-0.2, 0) is 13.5 Å². The Kier molecular flexibility index (Phi) is 4.99. The van der Waals surface area contributed by atoms with Crippen LogP contribution in [0.4, 0.5) is 0 Å². The van der Waals surface area contributed by atoms with E-state index in [1.165, 1.54) is 12.1 Å². The van der Waals surface area contributed by atoms with E-state index in [-0.39, 0.29) is 0 Å². The Balaban J connectivity index is 2.85. The van der Waals surface area contributed by atoms with Gasteiger partial charge in [-0.15, -0.1) is 0 Å². The van der Waals surface area contributed by atoms with Crippen molar-refractivity contribution in [3.63, 3.8) is 0 Å². The Bertz CT molecular complexity index is 346. The van der Waals surface area contributed by atoms with E-state index in [9.17, 15) is 0 Å². The first-order chi connectivity index (χ1) is 7.51. The summed E-state index contributed by atoms with van der Waals surface area (Å²) in [6.45, 7) is 6.56. The molecule has 0 aromatic carbocycles. The van der Waals surface area contributed by atoms with Crippen molar-refractivity contribution in [1.29, 1.82) is 0 Å². The van der Waals surface area contributed by atoms with Crippen LogP contribution in [0.2, 0.25) is 0 Å². The maximum atomic E-state index is 4.43. The number of rotatable bonds is 5. The van der Waals surface area contributed by atoms with Gasteiger partial charge in [0.05, 0.1) is 15.9 Å². The SMILES string of the molecule is CCC(C)C(Cc1c(Br)c(C)nn1C)NC. The largest absolute Gasteiger partial charge is 0.316 e. The predicted molar refractivity (Wildman–Crippen MR) is 71.7 cm³/mol. The molecule has 1 rings (SSSR count). The maximum Gasteiger partial charge on any atom is 0.0738 e. The molecule has 1 aromatic rings. The smallest absolute Gasteiger partial charge is 0.0738 e. The van der Waals surface area contributed by atoms with Gasteiger partial charge in [-0.2, -0.15) is 5.10 Å². The summed E-state index contributed by atoms with van der Waals surface area (Å²) in [5.74, 6) is 0.673. The van der Waals surface area contributed by atoms with Gasteiger partial charge in [-0.3, -0.25) is 4.68 Å². The van der Waals surface area contributed by atoms with Gasteiger partial charge in [-0.05, 0) is 35.8 Å². The zero-order valence-corrected chi connectivity index (χ0v) is 12.4. The van der Waals surface area contributed by atoms with Gasteiger partial charge in [0.15, 0.2) is 0 Å². The van der Waals surface area contributed by atoms with E-state index in [1.54, 1.807) is 0 Å². The van der Waals surface area contributed by atoms with Crippen LogP contribution in [0.3, 0.4) is 0 Å². The number of halogens is 1. The van der Waals surface area contributed by atoms with Gasteiger partial charge in [0.1, 0.15) is 0 Å². The molecule has 1 heterocycles. The normalized spacial score (nSPS) is 15.1. The molecule has 0 spiro atoms. The summed E-state index contributed by atoms with van der Waals surface area (Å²) in [7, 11) is 4.05. The van der Waals surface area contributed by atoms with Crippen LogP contribution in [0.1, 0.15) is 31.7 Å². The summed E-state index contributed by atoms with van der Waals surface area (Å²) in [6.07, 6.45) is 2.21. The minimum absolute atomic E-state index is 0.510. The van der Waals surface area contributed by atoms with Crippen LogP contribution in [0.5, 0.6) is 0 Å². The molecule has 4 heteroatoms. The molecule has 0 radical (unpaired) electrons. The highest BCUT2D eigenvalue weighted by atomic mass is 79.9. The number of aromatic nitrogens is 2. The molecule has 0 saturated carbocycles. The lowest BCUT2D eigenvalue weighted by atomic mass is 9.95. The fourth-order valence-electron chi connectivity index (χ4n) is 1.98. The molecule has 0 aliphatic rings. The summed E-state index contributed by atoms with van der Waals surface area (Å²) in [4.78, 5) is 0. The molecule has 0 saturated heterocycles. The summed E-state index contributed by atoms with van der Waals surface area (Å²) in [5, 5.41) is 7.83. The van der Waals surface area contributed by atoms with Crippen molar-refractivity contribution in [2.75, 3.05) is 7.05 Å². The molecule has 0 bridgehead atoms. The average molecular weight is 288 g/mol. The van der Waals surface area contributed by atoms with Crippen molar-refractivity contribution in [2.24, 2.45) is 13.0 Å². The first kappa shape index (κ1) is 13.7. The molecule has 92 valence electrons. The summed E-state index contributed by atoms with van der Waals surface area (Å²) in [6, 6.07) is 0.510. The van der Waals surface area contributed by atoms with E-state index in [0.29, 0.717) is 12.0 Å². The number of hydrogen-bond acceptors (Lipinski definition) is 2. The molecule has 0 fully saturated rings. The molecule has 1 aromatic heterocycles. The molecule has 0 aliphatic heterocycles. The van der Waals surface area contributed by atoms with Gasteiger partial charge in [-0.1, -0.05) is 20.3 Å². The topological polar surface area (TPSA) is 29.9 Å². The number of aryl methyl sites for hydroxylation is 2. The van der Waals surface area contributed by atoms with Gasteiger partial charge in [-0.25, -0.2) is 0 Å². The van der Waals surface area contributed by atoms with Crippen LogP contribution < -0.4 is 5.32 Å². The molecule has 2 atom stereocenters. The van der Waals surface area contributed by atoms with Crippen LogP contribution in [-0.4, -0.2) is 22.9 Å². The van der Waals surface area contributed by atoms with Crippen molar-refractivity contribution in [3.8, 4) is 0 Å². The number of nitrogens with zero attached hydrogens (tertiary/aromatic N) is 2. The van der Waals surface area contributed by atoms with Gasteiger partial charge in [0, 0.05) is 19.5 Å². The Morgan fingerprint density at radius 3 is 2.50 bits per heavy atom. The van der Waals surface area contributed by atoms with E-state index < -0.39 is 0 Å². The number of hydrogen-bond donors (Lipinski definition) is 1. The molecule has 1 N–H and O–H groups in total. The standard InChI is InChI=1S/C12H22BrN3/c1-6-8(2)10(14-4)7-11-12(13)9(3)15-16(11)5/h8,10,14H,6-7H2,1-5H3. The van der Waals surface area contributed by atoms with Gasteiger partial charge in [0.2, 0.25) is 0 Å². The van der Waals surface area contributed by atoms with E-state index >= 15 is 0 Å². The zero-order valence-electron chi connectivity index (χ0n) is 10.8. The van der Waals surface area contributed by atoms with Gasteiger partial charge < -0.3 is 5.32 Å². The summed E-state index contributed by atoms with van der Waals surface area (Å²) < 4.78 is 3.13. The Hall–Kier alpha value is -0.350. The average Bonchev–Trinajstić information content (AvgIpc) is 2.50. The Labute approximate surface area is 107 Å². The van der Waals surface area contributed by atoms with Crippen molar-refractivity contribution in [2.45, 2.75) is 39.7 Å². The number of likely N-dealkylation sites (N-methyl/N-ethyl adjacent to an activating group) is 1. The van der Waals surface area contributed by atoms with Crippen molar-refractivity contribution in [1.82, 2.24) is 15.1 Å². The van der Waals surface area contributed by atoms with E-state index in [4.69, 9.17) is 0 Å². The highest BCUT2D eigenvalue weighted by Crippen LogP contribution is 2.23. The quantitative estimate of drug-likeness (QED) is 0.902. The second kappa shape index (κ2) is 5.82. The first-order valence-electron chi connectivity index (χ1n) is 5.86. The fraction of sp³-hybridized carbons (Fsp3) is 0.750. The van der Waals surface area contributed by atoms with E-state index in [0.717, 1.165) is 16.6 Å². The van der Waals surface area contributed by atoms with Crippen molar-refractivity contribution in [3.05, 3.63) is 15.9 Å². The molecule has 0 amide bonds. The third-order valence-electron chi connectivity index (χ3n) is 3.38. The zero-order chi connectivity index (χ0) is 12.3. The fourth-order valence-corrected chi connectivity index (χ4v) is 2.48. The second-order valence-corrected chi connectivity index (χ2v) is 5.25. The number of nitrogens with one attached hydrogen (secondary N) is 1. The lowest BCUT2D eigenvalue weighted by Gasteiger charge is -2.22. The molecule has 0 aliphatic carbocycles.